The number of aryl methyl sites for hydroxylation is 2. The van der Waals surface area contributed by atoms with Crippen molar-refractivity contribution in [2.75, 3.05) is 0 Å². The normalized spacial score (nSPS) is 11.3. The maximum Gasteiger partial charge on any atom is 0.00763 e. The molecule has 0 amide bonds. The first kappa shape index (κ1) is 12.8. The molecule has 0 fully saturated rings. The number of unbranched alkanes of at least 4 members (excludes halogenated alkanes) is 3. The Kier molecular flexibility index (Phi) is 5.38. The van der Waals surface area contributed by atoms with E-state index in [0.717, 1.165) is 0 Å². The van der Waals surface area contributed by atoms with Crippen LogP contribution >= 0.6 is 11.3 Å². The fourth-order valence-corrected chi connectivity index (χ4v) is 2.90. The van der Waals surface area contributed by atoms with Gasteiger partial charge < -0.3 is 0 Å². The van der Waals surface area contributed by atoms with Gasteiger partial charge in [-0.05, 0) is 37.3 Å². The molecular weight excluding hydrogens is 200 g/mol. The van der Waals surface area contributed by atoms with Gasteiger partial charge in [-0.1, -0.05) is 40.0 Å². The van der Waals surface area contributed by atoms with Crippen LogP contribution in [-0.2, 0) is 6.42 Å². The van der Waals surface area contributed by atoms with Gasteiger partial charge in [0.05, 0.1) is 0 Å². The fourth-order valence-electron chi connectivity index (χ4n) is 1.82. The minimum Gasteiger partial charge on any atom is -0.145 e. The minimum atomic E-state index is 0.693. The van der Waals surface area contributed by atoms with Crippen molar-refractivity contribution in [3.8, 4) is 0 Å². The van der Waals surface area contributed by atoms with E-state index < -0.39 is 0 Å². The van der Waals surface area contributed by atoms with E-state index in [0.29, 0.717) is 5.92 Å². The smallest absolute Gasteiger partial charge is 0.00763 e. The van der Waals surface area contributed by atoms with Crippen LogP contribution in [0.5, 0.6) is 0 Å². The molecule has 0 unspecified atom stereocenters. The molecule has 1 heteroatoms. The van der Waals surface area contributed by atoms with E-state index in [1.165, 1.54) is 37.0 Å². The van der Waals surface area contributed by atoms with E-state index in [2.05, 4.69) is 33.8 Å². The van der Waals surface area contributed by atoms with Gasteiger partial charge in [-0.3, -0.25) is 0 Å². The average Bonchev–Trinajstić information content (AvgIpc) is 2.55. The van der Waals surface area contributed by atoms with Gasteiger partial charge >= 0.3 is 0 Å². The first-order chi connectivity index (χ1) is 7.15. The summed E-state index contributed by atoms with van der Waals surface area (Å²) >= 11 is 1.99. The van der Waals surface area contributed by atoms with Gasteiger partial charge in [0.1, 0.15) is 0 Å². The standard InChI is InChI=1S/C14H24S/c1-5-6-7-8-9-13-10-14(11(2)3)15-12(13)4/h10-11H,5-9H2,1-4H3. The second-order valence-electron chi connectivity index (χ2n) is 4.70. The third kappa shape index (κ3) is 3.98. The highest BCUT2D eigenvalue weighted by Gasteiger charge is 2.07. The molecule has 86 valence electrons. The summed E-state index contributed by atoms with van der Waals surface area (Å²) in [6, 6.07) is 2.43. The summed E-state index contributed by atoms with van der Waals surface area (Å²) in [5.74, 6) is 0.693. The van der Waals surface area contributed by atoms with Crippen LogP contribution in [0, 0.1) is 6.92 Å². The molecule has 0 radical (unpaired) electrons. The van der Waals surface area contributed by atoms with E-state index in [9.17, 15) is 0 Å². The van der Waals surface area contributed by atoms with Crippen LogP contribution < -0.4 is 0 Å². The molecule has 0 aliphatic rings. The van der Waals surface area contributed by atoms with Gasteiger partial charge in [0.2, 0.25) is 0 Å². The molecule has 0 aliphatic heterocycles. The summed E-state index contributed by atoms with van der Waals surface area (Å²) in [6.45, 7) is 9.11. The van der Waals surface area contributed by atoms with E-state index in [1.807, 2.05) is 11.3 Å². The molecule has 1 aromatic heterocycles. The summed E-state index contributed by atoms with van der Waals surface area (Å²) in [5.41, 5.74) is 1.60. The summed E-state index contributed by atoms with van der Waals surface area (Å²) in [6.07, 6.45) is 6.76. The zero-order valence-electron chi connectivity index (χ0n) is 10.6. The van der Waals surface area contributed by atoms with Crippen molar-refractivity contribution in [1.82, 2.24) is 0 Å². The Morgan fingerprint density at radius 3 is 2.47 bits per heavy atom. The maximum atomic E-state index is 2.43. The first-order valence-electron chi connectivity index (χ1n) is 6.24. The van der Waals surface area contributed by atoms with E-state index in [-0.39, 0.29) is 0 Å². The Balaban J connectivity index is 2.46. The molecule has 1 aromatic rings. The van der Waals surface area contributed by atoms with Gasteiger partial charge in [0.15, 0.2) is 0 Å². The largest absolute Gasteiger partial charge is 0.145 e. The van der Waals surface area contributed by atoms with E-state index in [1.54, 1.807) is 10.4 Å². The molecule has 0 saturated carbocycles. The SMILES string of the molecule is CCCCCCc1cc(C(C)C)sc1C. The zero-order chi connectivity index (χ0) is 11.3. The minimum absolute atomic E-state index is 0.693. The van der Waals surface area contributed by atoms with Crippen molar-refractivity contribution in [1.29, 1.82) is 0 Å². The Hall–Kier alpha value is -0.300. The van der Waals surface area contributed by atoms with Crippen molar-refractivity contribution in [2.24, 2.45) is 0 Å². The molecule has 15 heavy (non-hydrogen) atoms. The highest BCUT2D eigenvalue weighted by atomic mass is 32.1. The average molecular weight is 224 g/mol. The molecule has 0 N–H and O–H groups in total. The lowest BCUT2D eigenvalue weighted by molar-refractivity contribution is 0.666. The molecule has 0 aromatic carbocycles. The maximum absolute atomic E-state index is 2.43. The van der Waals surface area contributed by atoms with E-state index >= 15 is 0 Å². The van der Waals surface area contributed by atoms with Crippen LogP contribution in [0.4, 0.5) is 0 Å². The third-order valence-electron chi connectivity index (χ3n) is 2.91. The van der Waals surface area contributed by atoms with Crippen LogP contribution in [0.2, 0.25) is 0 Å². The zero-order valence-corrected chi connectivity index (χ0v) is 11.4. The third-order valence-corrected chi connectivity index (χ3v) is 4.30. The molecular formula is C14H24S. The predicted octanol–water partition coefficient (Wildman–Crippen LogP) is 5.30. The number of thiophene rings is 1. The highest BCUT2D eigenvalue weighted by Crippen LogP contribution is 2.28. The molecule has 0 spiro atoms. The molecule has 0 atom stereocenters. The van der Waals surface area contributed by atoms with Gasteiger partial charge in [-0.2, -0.15) is 0 Å². The van der Waals surface area contributed by atoms with Crippen LogP contribution in [-0.4, -0.2) is 0 Å². The number of hydrogen-bond acceptors (Lipinski definition) is 1. The molecule has 1 rings (SSSR count). The molecule has 0 saturated heterocycles. The van der Waals surface area contributed by atoms with Crippen LogP contribution in [0.3, 0.4) is 0 Å². The van der Waals surface area contributed by atoms with Crippen molar-refractivity contribution in [2.45, 2.75) is 65.7 Å². The van der Waals surface area contributed by atoms with Crippen molar-refractivity contribution in [3.63, 3.8) is 0 Å². The first-order valence-corrected chi connectivity index (χ1v) is 7.06. The van der Waals surface area contributed by atoms with Crippen molar-refractivity contribution < 1.29 is 0 Å². The van der Waals surface area contributed by atoms with Gasteiger partial charge in [-0.15, -0.1) is 11.3 Å². The Labute approximate surface area is 98.7 Å². The lowest BCUT2D eigenvalue weighted by Crippen LogP contribution is -1.85. The molecule has 0 nitrogen and oxygen atoms in total. The van der Waals surface area contributed by atoms with Crippen LogP contribution in [0.15, 0.2) is 6.07 Å². The lowest BCUT2D eigenvalue weighted by Gasteiger charge is -1.99. The van der Waals surface area contributed by atoms with E-state index in [4.69, 9.17) is 0 Å². The molecule has 0 aliphatic carbocycles. The summed E-state index contributed by atoms with van der Waals surface area (Å²) in [5, 5.41) is 0. The highest BCUT2D eigenvalue weighted by molar-refractivity contribution is 7.12. The Morgan fingerprint density at radius 1 is 1.20 bits per heavy atom. The quantitative estimate of drug-likeness (QED) is 0.575. The second kappa shape index (κ2) is 6.32. The van der Waals surface area contributed by atoms with Crippen molar-refractivity contribution in [3.05, 3.63) is 21.4 Å². The second-order valence-corrected chi connectivity index (χ2v) is 5.98. The Bertz CT molecular complexity index is 284. The van der Waals surface area contributed by atoms with Crippen molar-refractivity contribution >= 4 is 11.3 Å². The summed E-state index contributed by atoms with van der Waals surface area (Å²) < 4.78 is 0. The number of hydrogen-bond donors (Lipinski definition) is 0. The summed E-state index contributed by atoms with van der Waals surface area (Å²) in [7, 11) is 0. The van der Waals surface area contributed by atoms with Crippen LogP contribution in [0.1, 0.15) is 67.7 Å². The van der Waals surface area contributed by atoms with Gasteiger partial charge in [0.25, 0.3) is 0 Å². The predicted molar refractivity (Wildman–Crippen MR) is 71.0 cm³/mol. The fraction of sp³-hybridized carbons (Fsp3) is 0.714. The molecule has 1 heterocycles. The topological polar surface area (TPSA) is 0 Å². The van der Waals surface area contributed by atoms with Gasteiger partial charge in [0, 0.05) is 9.75 Å². The number of rotatable bonds is 6. The van der Waals surface area contributed by atoms with Gasteiger partial charge in [-0.25, -0.2) is 0 Å². The lowest BCUT2D eigenvalue weighted by atomic mass is 10.1. The Morgan fingerprint density at radius 2 is 1.93 bits per heavy atom. The summed E-state index contributed by atoms with van der Waals surface area (Å²) in [4.78, 5) is 3.09. The monoisotopic (exact) mass is 224 g/mol. The molecule has 0 bridgehead atoms. The van der Waals surface area contributed by atoms with Crippen LogP contribution in [0.25, 0.3) is 0 Å².